The second kappa shape index (κ2) is 7.21. The zero-order chi connectivity index (χ0) is 17.9. The zero-order valence-corrected chi connectivity index (χ0v) is 14.2. The van der Waals surface area contributed by atoms with Gasteiger partial charge in [-0.2, -0.15) is 0 Å². The van der Waals surface area contributed by atoms with E-state index in [1.54, 1.807) is 38.2 Å². The van der Waals surface area contributed by atoms with Crippen LogP contribution in [0.3, 0.4) is 0 Å². The zero-order valence-electron chi connectivity index (χ0n) is 14.2. The van der Waals surface area contributed by atoms with Crippen molar-refractivity contribution in [2.45, 2.75) is 33.3 Å². The van der Waals surface area contributed by atoms with Crippen molar-refractivity contribution in [3.63, 3.8) is 0 Å². The van der Waals surface area contributed by atoms with Crippen molar-refractivity contribution in [1.29, 1.82) is 0 Å². The average molecular weight is 331 g/mol. The molecule has 0 saturated carbocycles. The third-order valence-corrected chi connectivity index (χ3v) is 3.47. The minimum absolute atomic E-state index is 0.00857. The number of rotatable bonds is 6. The van der Waals surface area contributed by atoms with Gasteiger partial charge >= 0.3 is 5.97 Å². The van der Waals surface area contributed by atoms with E-state index in [-0.39, 0.29) is 17.4 Å². The van der Waals surface area contributed by atoms with Crippen molar-refractivity contribution in [2.75, 3.05) is 11.9 Å². The lowest BCUT2D eigenvalue weighted by molar-refractivity contribution is 0.0694. The van der Waals surface area contributed by atoms with E-state index in [1.165, 1.54) is 11.0 Å². The topological polar surface area (TPSA) is 80.0 Å². The van der Waals surface area contributed by atoms with Gasteiger partial charge in [-0.15, -0.1) is 0 Å². The van der Waals surface area contributed by atoms with Crippen molar-refractivity contribution in [3.8, 4) is 5.75 Å². The van der Waals surface area contributed by atoms with Crippen LogP contribution in [0.1, 0.15) is 47.4 Å². The van der Waals surface area contributed by atoms with Crippen molar-refractivity contribution in [1.82, 2.24) is 0 Å². The quantitative estimate of drug-likeness (QED) is 0.874. The molecule has 2 rings (SSSR count). The second-order valence-electron chi connectivity index (χ2n) is 5.63. The maximum absolute atomic E-state index is 12.5. The van der Waals surface area contributed by atoms with Crippen LogP contribution in [0.5, 0.6) is 5.75 Å². The molecule has 128 valence electrons. The van der Waals surface area contributed by atoms with E-state index in [2.05, 4.69) is 0 Å². The summed E-state index contributed by atoms with van der Waals surface area (Å²) in [7, 11) is 1.61. The number of anilines is 1. The summed E-state index contributed by atoms with van der Waals surface area (Å²) in [6, 6.07) is 8.35. The molecule has 1 aromatic carbocycles. The lowest BCUT2D eigenvalue weighted by Gasteiger charge is -2.17. The van der Waals surface area contributed by atoms with Gasteiger partial charge in [-0.25, -0.2) is 4.79 Å². The number of carbonyl (C=O) groups is 2. The summed E-state index contributed by atoms with van der Waals surface area (Å²) in [5.74, 6) is -0.495. The smallest absolute Gasteiger partial charge is 0.339 e. The number of carbonyl (C=O) groups excluding carboxylic acids is 1. The number of carboxylic acids is 1. The van der Waals surface area contributed by atoms with Gasteiger partial charge in [0.15, 0.2) is 5.76 Å². The summed E-state index contributed by atoms with van der Waals surface area (Å²) in [5, 5.41) is 9.15. The molecular formula is C18H21NO5. The second-order valence-corrected chi connectivity index (χ2v) is 5.63. The van der Waals surface area contributed by atoms with E-state index in [0.29, 0.717) is 23.6 Å². The van der Waals surface area contributed by atoms with Crippen LogP contribution in [0.4, 0.5) is 5.69 Å². The molecule has 0 atom stereocenters. The number of aromatic carboxylic acids is 1. The number of benzene rings is 1. The first-order valence-corrected chi connectivity index (χ1v) is 7.74. The summed E-state index contributed by atoms with van der Waals surface area (Å²) < 4.78 is 11.0. The molecule has 0 aliphatic carbocycles. The minimum atomic E-state index is -1.10. The molecule has 1 heterocycles. The molecule has 0 radical (unpaired) electrons. The number of hydrogen-bond donors (Lipinski definition) is 1. The maximum atomic E-state index is 12.5. The van der Waals surface area contributed by atoms with Crippen LogP contribution < -0.4 is 9.64 Å². The predicted octanol–water partition coefficient (Wildman–Crippen LogP) is 3.60. The van der Waals surface area contributed by atoms with Gasteiger partial charge in [0.2, 0.25) is 0 Å². The Morgan fingerprint density at radius 2 is 1.88 bits per heavy atom. The number of aryl methyl sites for hydroxylation is 1. The SMILES string of the molecule is CCc1oc(C(=O)N(C)c2ccc(OC(C)C)cc2)cc1C(=O)O. The van der Waals surface area contributed by atoms with Gasteiger partial charge in [0.05, 0.1) is 6.10 Å². The number of amides is 1. The third-order valence-electron chi connectivity index (χ3n) is 3.47. The summed E-state index contributed by atoms with van der Waals surface area (Å²) in [6.07, 6.45) is 0.472. The molecule has 1 N–H and O–H groups in total. The lowest BCUT2D eigenvalue weighted by atomic mass is 10.2. The summed E-state index contributed by atoms with van der Waals surface area (Å²) in [6.45, 7) is 5.65. The Labute approximate surface area is 140 Å². The van der Waals surface area contributed by atoms with Gasteiger partial charge in [0.1, 0.15) is 17.1 Å². The van der Waals surface area contributed by atoms with Crippen molar-refractivity contribution < 1.29 is 23.8 Å². The molecule has 0 fully saturated rings. The summed E-state index contributed by atoms with van der Waals surface area (Å²) in [4.78, 5) is 25.1. The summed E-state index contributed by atoms with van der Waals surface area (Å²) >= 11 is 0. The third kappa shape index (κ3) is 3.76. The van der Waals surface area contributed by atoms with Crippen LogP contribution in [0.15, 0.2) is 34.7 Å². The number of nitrogens with zero attached hydrogens (tertiary/aromatic N) is 1. The van der Waals surface area contributed by atoms with Crippen molar-refractivity contribution in [2.24, 2.45) is 0 Å². The average Bonchev–Trinajstić information content (AvgIpc) is 2.98. The molecule has 0 aliphatic rings. The number of carboxylic acid groups (broad SMARTS) is 1. The van der Waals surface area contributed by atoms with Crippen LogP contribution in [0.2, 0.25) is 0 Å². The normalized spacial score (nSPS) is 10.7. The van der Waals surface area contributed by atoms with E-state index in [9.17, 15) is 9.59 Å². The van der Waals surface area contributed by atoms with E-state index < -0.39 is 11.9 Å². The largest absolute Gasteiger partial charge is 0.491 e. The molecule has 0 spiro atoms. The fourth-order valence-corrected chi connectivity index (χ4v) is 2.28. The Morgan fingerprint density at radius 1 is 1.25 bits per heavy atom. The first-order valence-electron chi connectivity index (χ1n) is 7.74. The van der Waals surface area contributed by atoms with E-state index in [4.69, 9.17) is 14.3 Å². The molecule has 24 heavy (non-hydrogen) atoms. The highest BCUT2D eigenvalue weighted by atomic mass is 16.5. The van der Waals surface area contributed by atoms with Gasteiger partial charge < -0.3 is 19.2 Å². The fraction of sp³-hybridized carbons (Fsp3) is 0.333. The number of hydrogen-bond acceptors (Lipinski definition) is 4. The number of ether oxygens (including phenoxy) is 1. The Balaban J connectivity index is 2.21. The van der Waals surface area contributed by atoms with E-state index in [1.807, 2.05) is 13.8 Å². The van der Waals surface area contributed by atoms with Crippen molar-refractivity contribution >= 4 is 17.6 Å². The highest BCUT2D eigenvalue weighted by Crippen LogP contribution is 2.23. The molecule has 0 bridgehead atoms. The van der Waals surface area contributed by atoms with Gasteiger partial charge in [-0.05, 0) is 38.1 Å². The van der Waals surface area contributed by atoms with Gasteiger partial charge in [0.25, 0.3) is 5.91 Å². The molecule has 1 amide bonds. The first-order chi connectivity index (χ1) is 11.3. The molecule has 0 saturated heterocycles. The van der Waals surface area contributed by atoms with Crippen LogP contribution in [-0.4, -0.2) is 30.1 Å². The van der Waals surface area contributed by atoms with Gasteiger partial charge in [-0.1, -0.05) is 6.92 Å². The standard InChI is InChI=1S/C18H21NO5/c1-5-15-14(18(21)22)10-16(24-15)17(20)19(4)12-6-8-13(9-7-12)23-11(2)3/h6-11H,5H2,1-4H3,(H,21,22). The van der Waals surface area contributed by atoms with Gasteiger partial charge in [0, 0.05) is 25.2 Å². The van der Waals surface area contributed by atoms with Gasteiger partial charge in [-0.3, -0.25) is 4.79 Å². The Morgan fingerprint density at radius 3 is 2.33 bits per heavy atom. The van der Waals surface area contributed by atoms with Crippen LogP contribution in [-0.2, 0) is 6.42 Å². The predicted molar refractivity (Wildman–Crippen MR) is 90.0 cm³/mol. The molecular weight excluding hydrogens is 310 g/mol. The Hall–Kier alpha value is -2.76. The molecule has 2 aromatic rings. The van der Waals surface area contributed by atoms with Crippen molar-refractivity contribution in [3.05, 3.63) is 47.4 Å². The highest BCUT2D eigenvalue weighted by molar-refractivity contribution is 6.05. The molecule has 1 aromatic heterocycles. The number of furan rings is 1. The lowest BCUT2D eigenvalue weighted by Crippen LogP contribution is -2.25. The monoisotopic (exact) mass is 331 g/mol. The van der Waals surface area contributed by atoms with E-state index in [0.717, 1.165) is 0 Å². The van der Waals surface area contributed by atoms with Crippen LogP contribution in [0.25, 0.3) is 0 Å². The highest BCUT2D eigenvalue weighted by Gasteiger charge is 2.23. The Kier molecular flexibility index (Phi) is 5.28. The van der Waals surface area contributed by atoms with E-state index >= 15 is 0 Å². The molecule has 6 heteroatoms. The Bertz CT molecular complexity index is 730. The summed E-state index contributed by atoms with van der Waals surface area (Å²) in [5.41, 5.74) is 0.678. The first kappa shape index (κ1) is 17.6. The van der Waals surface area contributed by atoms with Crippen LogP contribution in [0, 0.1) is 0 Å². The van der Waals surface area contributed by atoms with Crippen LogP contribution >= 0.6 is 0 Å². The molecule has 6 nitrogen and oxygen atoms in total. The fourth-order valence-electron chi connectivity index (χ4n) is 2.28. The minimum Gasteiger partial charge on any atom is -0.491 e. The maximum Gasteiger partial charge on any atom is 0.339 e. The molecule has 0 unspecified atom stereocenters. The molecule has 0 aliphatic heterocycles.